The zero-order chi connectivity index (χ0) is 8.77. The summed E-state index contributed by atoms with van der Waals surface area (Å²) in [7, 11) is 0. The molecule has 0 N–H and O–H groups in total. The predicted octanol–water partition coefficient (Wildman–Crippen LogP) is 2.04. The smallest absolute Gasteiger partial charge is 0.225 e. The number of carbonyl (C=O) groups excluding carboxylic acids is 1. The summed E-state index contributed by atoms with van der Waals surface area (Å²) in [4.78, 5) is 13.8. The maximum atomic E-state index is 11.3. The molecule has 0 aromatic rings. The Morgan fingerprint density at radius 2 is 2.58 bits per heavy atom. The van der Waals surface area contributed by atoms with Crippen molar-refractivity contribution in [2.45, 2.75) is 13.3 Å². The van der Waals surface area contributed by atoms with E-state index in [4.69, 9.17) is 5.53 Å². The Morgan fingerprint density at radius 3 is 3.08 bits per heavy atom. The Kier molecular flexibility index (Phi) is 1.30. The van der Waals surface area contributed by atoms with Crippen LogP contribution in [-0.4, -0.2) is 5.91 Å². The maximum Gasteiger partial charge on any atom is 0.225 e. The molecule has 3 atom stereocenters. The van der Waals surface area contributed by atoms with Crippen molar-refractivity contribution < 1.29 is 4.79 Å². The lowest BCUT2D eigenvalue weighted by Gasteiger charge is -2.05. The summed E-state index contributed by atoms with van der Waals surface area (Å²) in [5.74, 6) is 0.426. The molecule has 2 aliphatic rings. The molecule has 4 nitrogen and oxygen atoms in total. The molecule has 0 heterocycles. The molecule has 12 heavy (non-hydrogen) atoms. The van der Waals surface area contributed by atoms with Crippen molar-refractivity contribution in [2.75, 3.05) is 0 Å². The van der Waals surface area contributed by atoms with Crippen molar-refractivity contribution in [3.8, 4) is 0 Å². The molecule has 0 bridgehead atoms. The molecule has 1 amide bonds. The molecule has 0 aliphatic heterocycles. The molecule has 2 rings (SSSR count). The van der Waals surface area contributed by atoms with Gasteiger partial charge in [-0.3, -0.25) is 4.79 Å². The number of hydrogen-bond donors (Lipinski definition) is 0. The van der Waals surface area contributed by atoms with Crippen LogP contribution in [0.4, 0.5) is 0 Å². The van der Waals surface area contributed by atoms with E-state index in [1.54, 1.807) is 0 Å². The highest BCUT2D eigenvalue weighted by Crippen LogP contribution is 2.64. The van der Waals surface area contributed by atoms with Crippen molar-refractivity contribution in [1.29, 1.82) is 0 Å². The van der Waals surface area contributed by atoms with Gasteiger partial charge in [0.15, 0.2) is 0 Å². The Bertz CT molecular complexity index is 316. The molecule has 0 aromatic carbocycles. The highest BCUT2D eigenvalue weighted by Gasteiger charge is 2.64. The summed E-state index contributed by atoms with van der Waals surface area (Å²) in [6.07, 6.45) is 5.09. The minimum absolute atomic E-state index is 0.302. The van der Waals surface area contributed by atoms with E-state index in [9.17, 15) is 4.79 Å². The molecule has 4 heteroatoms. The summed E-state index contributed by atoms with van der Waals surface area (Å²) in [6.45, 7) is 1.88. The van der Waals surface area contributed by atoms with E-state index >= 15 is 0 Å². The molecular formula is C8H9N3O. The predicted molar refractivity (Wildman–Crippen MR) is 43.0 cm³/mol. The molecular weight excluding hydrogens is 154 g/mol. The van der Waals surface area contributed by atoms with E-state index in [1.165, 1.54) is 0 Å². The number of amides is 1. The van der Waals surface area contributed by atoms with Gasteiger partial charge in [-0.15, -0.1) is 0 Å². The third-order valence-corrected chi connectivity index (χ3v) is 3.12. The van der Waals surface area contributed by atoms with Crippen LogP contribution in [0.15, 0.2) is 17.3 Å². The van der Waals surface area contributed by atoms with Crippen LogP contribution in [0.5, 0.6) is 0 Å². The fraction of sp³-hybridized carbons (Fsp3) is 0.625. The van der Waals surface area contributed by atoms with Gasteiger partial charge in [0.05, 0.1) is 0 Å². The van der Waals surface area contributed by atoms with E-state index in [-0.39, 0.29) is 11.3 Å². The number of azide groups is 1. The number of allylic oxidation sites excluding steroid dienone is 2. The quantitative estimate of drug-likeness (QED) is 0.252. The third kappa shape index (κ3) is 0.676. The zero-order valence-corrected chi connectivity index (χ0v) is 6.77. The molecule has 0 spiro atoms. The van der Waals surface area contributed by atoms with Gasteiger partial charge in [0.25, 0.3) is 0 Å². The molecule has 0 saturated heterocycles. The third-order valence-electron chi connectivity index (χ3n) is 3.12. The zero-order valence-electron chi connectivity index (χ0n) is 6.77. The van der Waals surface area contributed by atoms with Crippen molar-refractivity contribution in [2.24, 2.45) is 22.4 Å². The highest BCUT2D eigenvalue weighted by atomic mass is 16.2. The van der Waals surface area contributed by atoms with Gasteiger partial charge >= 0.3 is 0 Å². The summed E-state index contributed by atoms with van der Waals surface area (Å²) < 4.78 is 0. The van der Waals surface area contributed by atoms with Crippen LogP contribution in [-0.2, 0) is 4.79 Å². The second-order valence-corrected chi connectivity index (χ2v) is 3.57. The standard InChI is InChI=1S/C8H9N3O/c1-8(7(12)10-11-9)5-3-2-4-6(5)8/h2-3,5-6H,4H2,1H3. The second-order valence-electron chi connectivity index (χ2n) is 3.57. The number of nitrogens with zero attached hydrogens (tertiary/aromatic N) is 3. The molecule has 62 valence electrons. The van der Waals surface area contributed by atoms with Crippen LogP contribution in [0.2, 0.25) is 0 Å². The summed E-state index contributed by atoms with van der Waals surface area (Å²) in [5.41, 5.74) is 7.74. The van der Waals surface area contributed by atoms with Crippen molar-refractivity contribution in [1.82, 2.24) is 0 Å². The topological polar surface area (TPSA) is 65.8 Å². The number of carbonyl (C=O) groups is 1. The van der Waals surface area contributed by atoms with Crippen LogP contribution in [0, 0.1) is 17.3 Å². The first-order chi connectivity index (χ1) is 5.71. The van der Waals surface area contributed by atoms with Crippen LogP contribution in [0.1, 0.15) is 13.3 Å². The van der Waals surface area contributed by atoms with Crippen LogP contribution < -0.4 is 0 Å². The minimum Gasteiger partial charge on any atom is -0.292 e. The Hall–Kier alpha value is -1.28. The first-order valence-electron chi connectivity index (χ1n) is 3.97. The SMILES string of the molecule is CC1(C(=O)N=[N+]=[N-])C2C=CCC21. The lowest BCUT2D eigenvalue weighted by molar-refractivity contribution is -0.123. The Labute approximate surface area is 69.9 Å². The van der Waals surface area contributed by atoms with E-state index in [1.807, 2.05) is 6.92 Å². The van der Waals surface area contributed by atoms with Crippen LogP contribution >= 0.6 is 0 Å². The highest BCUT2D eigenvalue weighted by molar-refractivity contribution is 5.87. The first-order valence-corrected chi connectivity index (χ1v) is 3.97. The molecule has 2 aliphatic carbocycles. The normalized spacial score (nSPS) is 41.8. The monoisotopic (exact) mass is 163 g/mol. The van der Waals surface area contributed by atoms with Gasteiger partial charge in [-0.25, -0.2) is 0 Å². The number of fused-ring (bicyclic) bond motifs is 1. The van der Waals surface area contributed by atoms with Crippen molar-refractivity contribution >= 4 is 5.91 Å². The van der Waals surface area contributed by atoms with E-state index < -0.39 is 0 Å². The largest absolute Gasteiger partial charge is 0.292 e. The molecule has 3 unspecified atom stereocenters. The van der Waals surface area contributed by atoms with Gasteiger partial charge in [-0.05, 0) is 28.9 Å². The van der Waals surface area contributed by atoms with Gasteiger partial charge in [-0.2, -0.15) is 0 Å². The Balaban J connectivity index is 2.21. The lowest BCUT2D eigenvalue weighted by Crippen LogP contribution is -2.13. The van der Waals surface area contributed by atoms with Gasteiger partial charge in [0, 0.05) is 10.3 Å². The average Bonchev–Trinajstić information content (AvgIpc) is 2.52. The Morgan fingerprint density at radius 1 is 1.83 bits per heavy atom. The molecule has 1 fully saturated rings. The van der Waals surface area contributed by atoms with E-state index in [0.717, 1.165) is 6.42 Å². The summed E-state index contributed by atoms with van der Waals surface area (Å²) in [6, 6.07) is 0. The van der Waals surface area contributed by atoms with Gasteiger partial charge in [-0.1, -0.05) is 19.1 Å². The number of rotatable bonds is 1. The van der Waals surface area contributed by atoms with E-state index in [0.29, 0.717) is 11.8 Å². The van der Waals surface area contributed by atoms with E-state index in [2.05, 4.69) is 22.2 Å². The van der Waals surface area contributed by atoms with Gasteiger partial charge in [0.2, 0.25) is 5.91 Å². The summed E-state index contributed by atoms with van der Waals surface area (Å²) in [5, 5.41) is 3.15. The maximum absolute atomic E-state index is 11.3. The average molecular weight is 163 g/mol. The van der Waals surface area contributed by atoms with Crippen molar-refractivity contribution in [3.63, 3.8) is 0 Å². The second kappa shape index (κ2) is 2.11. The minimum atomic E-state index is -0.374. The van der Waals surface area contributed by atoms with Gasteiger partial charge < -0.3 is 0 Å². The van der Waals surface area contributed by atoms with Crippen LogP contribution in [0.25, 0.3) is 10.4 Å². The summed E-state index contributed by atoms with van der Waals surface area (Å²) >= 11 is 0. The van der Waals surface area contributed by atoms with Gasteiger partial charge in [0.1, 0.15) is 0 Å². The van der Waals surface area contributed by atoms with Crippen molar-refractivity contribution in [3.05, 3.63) is 22.6 Å². The lowest BCUT2D eigenvalue weighted by atomic mass is 10.0. The van der Waals surface area contributed by atoms with Crippen LogP contribution in [0.3, 0.4) is 0 Å². The molecule has 1 saturated carbocycles. The fourth-order valence-corrected chi connectivity index (χ4v) is 2.18. The fourth-order valence-electron chi connectivity index (χ4n) is 2.18. The number of hydrogen-bond acceptors (Lipinski definition) is 1. The molecule has 0 radical (unpaired) electrons. The molecule has 0 aromatic heterocycles. The first kappa shape index (κ1) is 7.37.